The third-order valence-electron chi connectivity index (χ3n) is 5.88. The molecule has 1 saturated carbocycles. The average molecular weight is 390 g/mol. The van der Waals surface area contributed by atoms with Crippen LogP contribution in [0.5, 0.6) is 0 Å². The Hall–Kier alpha value is -2.12. The highest BCUT2D eigenvalue weighted by atomic mass is 16.2. The van der Waals surface area contributed by atoms with E-state index in [1.54, 1.807) is 0 Å². The summed E-state index contributed by atoms with van der Waals surface area (Å²) in [6.45, 7) is 11.9. The number of piperazine rings is 1. The van der Waals surface area contributed by atoms with Gasteiger partial charge in [0.25, 0.3) is 0 Å². The van der Waals surface area contributed by atoms with E-state index in [4.69, 9.17) is 4.99 Å². The minimum atomic E-state index is -0.247. The van der Waals surface area contributed by atoms with Gasteiger partial charge in [0.2, 0.25) is 5.91 Å². The molecule has 8 nitrogen and oxygen atoms in total. The monoisotopic (exact) mass is 389 g/mol. The molecule has 2 fully saturated rings. The van der Waals surface area contributed by atoms with Crippen LogP contribution in [0.1, 0.15) is 65.0 Å². The van der Waals surface area contributed by atoms with E-state index < -0.39 is 0 Å². The predicted molar refractivity (Wildman–Crippen MR) is 110 cm³/mol. The van der Waals surface area contributed by atoms with Crippen molar-refractivity contribution in [3.05, 3.63) is 11.6 Å². The number of nitrogens with zero attached hydrogens (tertiary/aromatic N) is 6. The molecule has 2 aliphatic rings. The van der Waals surface area contributed by atoms with Crippen LogP contribution in [-0.2, 0) is 18.4 Å². The molecule has 1 amide bonds. The third-order valence-corrected chi connectivity index (χ3v) is 5.88. The molecule has 0 radical (unpaired) electrons. The van der Waals surface area contributed by atoms with E-state index >= 15 is 0 Å². The number of carbonyl (C=O) groups is 1. The van der Waals surface area contributed by atoms with Gasteiger partial charge in [-0.3, -0.25) is 4.79 Å². The summed E-state index contributed by atoms with van der Waals surface area (Å²) in [5.74, 6) is 2.67. The number of amides is 1. The van der Waals surface area contributed by atoms with Gasteiger partial charge in [-0.15, -0.1) is 10.2 Å². The van der Waals surface area contributed by atoms with Gasteiger partial charge in [-0.2, -0.15) is 0 Å². The molecule has 2 heterocycles. The van der Waals surface area contributed by atoms with Gasteiger partial charge in [0.05, 0.1) is 12.1 Å². The van der Waals surface area contributed by atoms with Crippen molar-refractivity contribution in [3.8, 4) is 0 Å². The van der Waals surface area contributed by atoms with Crippen LogP contribution < -0.4 is 5.32 Å². The number of hydrogen-bond acceptors (Lipinski definition) is 4. The van der Waals surface area contributed by atoms with Crippen LogP contribution in [0.4, 0.5) is 0 Å². The molecule has 1 aliphatic carbocycles. The normalized spacial score (nSPS) is 21.1. The van der Waals surface area contributed by atoms with Crippen molar-refractivity contribution in [2.24, 2.45) is 12.0 Å². The smallest absolute Gasteiger partial charge is 0.242 e. The van der Waals surface area contributed by atoms with E-state index in [9.17, 15) is 4.79 Å². The highest BCUT2D eigenvalue weighted by Crippen LogP contribution is 2.25. The van der Waals surface area contributed by atoms with Gasteiger partial charge >= 0.3 is 0 Å². The largest absolute Gasteiger partial charge is 0.353 e. The van der Waals surface area contributed by atoms with Gasteiger partial charge in [-0.05, 0) is 47.5 Å². The molecule has 0 aromatic carbocycles. The van der Waals surface area contributed by atoms with E-state index in [0.717, 1.165) is 37.0 Å². The first kappa shape index (κ1) is 20.6. The Balaban J connectivity index is 1.82. The number of nitrogens with one attached hydrogen (secondary N) is 1. The fourth-order valence-electron chi connectivity index (χ4n) is 4.54. The molecule has 1 N–H and O–H groups in total. The molecule has 8 heteroatoms. The van der Waals surface area contributed by atoms with Crippen LogP contribution in [0.15, 0.2) is 4.99 Å². The van der Waals surface area contributed by atoms with Crippen molar-refractivity contribution in [2.45, 2.75) is 84.5 Å². The quantitative estimate of drug-likeness (QED) is 0.628. The Kier molecular flexibility index (Phi) is 5.95. The molecule has 0 atom stereocenters. The summed E-state index contributed by atoms with van der Waals surface area (Å²) >= 11 is 0. The van der Waals surface area contributed by atoms with E-state index in [-0.39, 0.29) is 17.5 Å². The fourth-order valence-corrected chi connectivity index (χ4v) is 4.54. The lowest BCUT2D eigenvalue weighted by Crippen LogP contribution is -2.66. The summed E-state index contributed by atoms with van der Waals surface area (Å²) < 4.78 is 1.96. The molecular weight excluding hydrogens is 354 g/mol. The molecular formula is C20H35N7O. The summed E-state index contributed by atoms with van der Waals surface area (Å²) in [7, 11) is 1.96. The minimum Gasteiger partial charge on any atom is -0.353 e. The fraction of sp³-hybridized carbons (Fsp3) is 0.800. The van der Waals surface area contributed by atoms with Gasteiger partial charge in [0.1, 0.15) is 12.4 Å². The number of aliphatic imine (C=N–C) groups is 1. The van der Waals surface area contributed by atoms with Crippen LogP contribution in [0.25, 0.3) is 0 Å². The van der Waals surface area contributed by atoms with Crippen LogP contribution >= 0.6 is 0 Å². The number of hydrogen-bond donors (Lipinski definition) is 1. The van der Waals surface area contributed by atoms with Crippen molar-refractivity contribution in [1.82, 2.24) is 29.9 Å². The van der Waals surface area contributed by atoms with E-state index in [0.29, 0.717) is 19.1 Å². The second-order valence-electron chi connectivity index (χ2n) is 9.01. The highest BCUT2D eigenvalue weighted by molar-refractivity contribution is 5.88. The lowest BCUT2D eigenvalue weighted by Gasteiger charge is -2.49. The van der Waals surface area contributed by atoms with Crippen molar-refractivity contribution in [1.29, 1.82) is 0 Å². The highest BCUT2D eigenvalue weighted by Gasteiger charge is 2.41. The molecule has 28 heavy (non-hydrogen) atoms. The number of carbonyl (C=O) groups excluding carboxylic acids is 1. The molecule has 3 rings (SSSR count). The minimum absolute atomic E-state index is 0.154. The Morgan fingerprint density at radius 3 is 2.50 bits per heavy atom. The maximum absolute atomic E-state index is 12.9. The second kappa shape index (κ2) is 8.09. The SMILES string of the molecule is Cc1nnc(CN=C(NC2CCCC2)N2CC(=O)N(C(C)C)C(C)(C)C2)n1C. The number of aryl methyl sites for hydroxylation is 1. The molecule has 1 saturated heterocycles. The first-order chi connectivity index (χ1) is 13.2. The molecule has 0 bridgehead atoms. The molecule has 1 aromatic heterocycles. The standard InChI is InChI=1S/C20H35N7O/c1-14(2)27-18(28)12-26(13-20(27,4)5)19(22-16-9-7-8-10-16)21-11-17-24-23-15(3)25(17)6/h14,16H,7-13H2,1-6H3,(H,21,22). The summed E-state index contributed by atoms with van der Waals surface area (Å²) in [5, 5.41) is 12.0. The van der Waals surface area contributed by atoms with Crippen molar-refractivity contribution < 1.29 is 4.79 Å². The molecule has 1 aliphatic heterocycles. The Morgan fingerprint density at radius 1 is 1.29 bits per heavy atom. The zero-order valence-corrected chi connectivity index (χ0v) is 18.2. The average Bonchev–Trinajstić information content (AvgIpc) is 3.21. The van der Waals surface area contributed by atoms with E-state index in [1.807, 2.05) is 23.4 Å². The summed E-state index contributed by atoms with van der Waals surface area (Å²) in [4.78, 5) is 21.9. The first-order valence-electron chi connectivity index (χ1n) is 10.4. The number of aromatic nitrogens is 3. The molecule has 0 unspecified atom stereocenters. The van der Waals surface area contributed by atoms with E-state index in [1.165, 1.54) is 12.8 Å². The van der Waals surface area contributed by atoms with Gasteiger partial charge in [0.15, 0.2) is 11.8 Å². The third kappa shape index (κ3) is 4.31. The maximum Gasteiger partial charge on any atom is 0.242 e. The maximum atomic E-state index is 12.9. The first-order valence-corrected chi connectivity index (χ1v) is 10.4. The predicted octanol–water partition coefficient (Wildman–Crippen LogP) is 1.84. The second-order valence-corrected chi connectivity index (χ2v) is 9.01. The Labute approximate surface area is 168 Å². The van der Waals surface area contributed by atoms with Crippen molar-refractivity contribution >= 4 is 11.9 Å². The summed E-state index contributed by atoms with van der Waals surface area (Å²) in [6, 6.07) is 0.621. The topological polar surface area (TPSA) is 78.7 Å². The molecule has 1 aromatic rings. The summed E-state index contributed by atoms with van der Waals surface area (Å²) in [6.07, 6.45) is 4.81. The Morgan fingerprint density at radius 2 is 1.96 bits per heavy atom. The van der Waals surface area contributed by atoms with E-state index in [2.05, 4.69) is 48.1 Å². The van der Waals surface area contributed by atoms with Crippen molar-refractivity contribution in [3.63, 3.8) is 0 Å². The zero-order chi connectivity index (χ0) is 20.5. The lowest BCUT2D eigenvalue weighted by molar-refractivity contribution is -0.145. The van der Waals surface area contributed by atoms with Crippen LogP contribution in [0.3, 0.4) is 0 Å². The van der Waals surface area contributed by atoms with Crippen LogP contribution in [-0.4, -0.2) is 67.1 Å². The summed E-state index contributed by atoms with van der Waals surface area (Å²) in [5.41, 5.74) is -0.247. The van der Waals surface area contributed by atoms with Gasteiger partial charge in [-0.1, -0.05) is 12.8 Å². The van der Waals surface area contributed by atoms with Gasteiger partial charge in [0, 0.05) is 25.7 Å². The van der Waals surface area contributed by atoms with Gasteiger partial charge in [-0.25, -0.2) is 4.99 Å². The lowest BCUT2D eigenvalue weighted by atomic mass is 9.96. The Bertz CT molecular complexity index is 731. The van der Waals surface area contributed by atoms with Crippen molar-refractivity contribution in [2.75, 3.05) is 13.1 Å². The number of rotatable bonds is 4. The molecule has 156 valence electrons. The molecule has 0 spiro atoms. The van der Waals surface area contributed by atoms with Crippen LogP contribution in [0, 0.1) is 6.92 Å². The number of guanidine groups is 1. The van der Waals surface area contributed by atoms with Crippen LogP contribution in [0.2, 0.25) is 0 Å². The van der Waals surface area contributed by atoms with Gasteiger partial charge < -0.3 is 19.7 Å². The zero-order valence-electron chi connectivity index (χ0n) is 18.2.